The first-order valence-corrected chi connectivity index (χ1v) is 9.03. The fraction of sp³-hybridized carbons (Fsp3) is 0.200. The van der Waals surface area contributed by atoms with Gasteiger partial charge in [-0.15, -0.1) is 0 Å². The summed E-state index contributed by atoms with van der Waals surface area (Å²) < 4.78 is 34.5. The fourth-order valence-electron chi connectivity index (χ4n) is 3.15. The van der Waals surface area contributed by atoms with E-state index in [1.807, 2.05) is 6.07 Å². The summed E-state index contributed by atoms with van der Waals surface area (Å²) in [5.41, 5.74) is 1.77. The summed E-state index contributed by atoms with van der Waals surface area (Å²) in [5.74, 6) is -0.997. The molecule has 4 aromatic rings. The number of fused-ring (bicyclic) bond motifs is 1. The van der Waals surface area contributed by atoms with Crippen LogP contribution in [0.15, 0.2) is 47.2 Å². The second-order valence-corrected chi connectivity index (χ2v) is 6.97. The van der Waals surface area contributed by atoms with E-state index in [1.54, 1.807) is 35.7 Å². The lowest BCUT2D eigenvalue weighted by molar-refractivity contribution is 0.102. The molecule has 3 heterocycles. The van der Waals surface area contributed by atoms with Crippen molar-refractivity contribution in [3.8, 4) is 11.5 Å². The van der Waals surface area contributed by atoms with E-state index in [-0.39, 0.29) is 28.9 Å². The molecule has 0 unspecified atom stereocenters. The number of carbonyl (C=O) groups excluding carboxylic acids is 1. The van der Waals surface area contributed by atoms with Gasteiger partial charge in [0.25, 0.3) is 11.8 Å². The monoisotopic (exact) mass is 395 g/mol. The number of anilines is 1. The minimum atomic E-state index is -0.962. The molecule has 0 spiro atoms. The highest BCUT2D eigenvalue weighted by Crippen LogP contribution is 2.42. The van der Waals surface area contributed by atoms with Gasteiger partial charge in [-0.3, -0.25) is 9.20 Å². The average Bonchev–Trinajstić information content (AvgIpc) is 3.12. The van der Waals surface area contributed by atoms with Crippen LogP contribution in [0.3, 0.4) is 0 Å². The maximum atomic E-state index is 14.5. The third-order valence-electron chi connectivity index (χ3n) is 4.98. The number of aromatic nitrogens is 4. The highest BCUT2D eigenvalue weighted by Gasteiger charge is 2.42. The van der Waals surface area contributed by atoms with Crippen LogP contribution in [0.5, 0.6) is 0 Å². The molecule has 1 amide bonds. The van der Waals surface area contributed by atoms with Gasteiger partial charge in [0.15, 0.2) is 5.82 Å². The summed E-state index contributed by atoms with van der Waals surface area (Å²) in [6, 6.07) is 8.18. The van der Waals surface area contributed by atoms with Crippen LogP contribution in [0.2, 0.25) is 0 Å². The lowest BCUT2D eigenvalue weighted by atomic mass is 10.1. The Morgan fingerprint density at radius 1 is 1.34 bits per heavy atom. The van der Waals surface area contributed by atoms with Crippen molar-refractivity contribution in [1.29, 1.82) is 0 Å². The Kier molecular flexibility index (Phi) is 3.90. The maximum absolute atomic E-state index is 14.5. The molecule has 0 saturated heterocycles. The maximum Gasteiger partial charge on any atom is 0.274 e. The molecular formula is C20H15F2N5O2. The van der Waals surface area contributed by atoms with Gasteiger partial charge in [-0.05, 0) is 37.6 Å². The van der Waals surface area contributed by atoms with Crippen molar-refractivity contribution in [2.24, 2.45) is 0 Å². The Bertz CT molecular complexity index is 1250. The van der Waals surface area contributed by atoms with Crippen LogP contribution in [-0.4, -0.2) is 31.6 Å². The molecule has 2 atom stereocenters. The smallest absolute Gasteiger partial charge is 0.274 e. The second-order valence-electron chi connectivity index (χ2n) is 6.97. The van der Waals surface area contributed by atoms with Gasteiger partial charge < -0.3 is 9.84 Å². The molecule has 0 aliphatic heterocycles. The quantitative estimate of drug-likeness (QED) is 0.566. The van der Waals surface area contributed by atoms with Crippen molar-refractivity contribution in [2.45, 2.75) is 25.4 Å². The summed E-state index contributed by atoms with van der Waals surface area (Å²) >= 11 is 0. The zero-order chi connectivity index (χ0) is 20.1. The lowest BCUT2D eigenvalue weighted by Crippen LogP contribution is -2.15. The summed E-state index contributed by atoms with van der Waals surface area (Å²) in [4.78, 5) is 21.1. The third-order valence-corrected chi connectivity index (χ3v) is 4.98. The summed E-state index contributed by atoms with van der Waals surface area (Å²) in [7, 11) is 0. The van der Waals surface area contributed by atoms with Crippen LogP contribution in [-0.2, 0) is 0 Å². The average molecular weight is 395 g/mol. The number of imidazole rings is 1. The van der Waals surface area contributed by atoms with E-state index >= 15 is 0 Å². The van der Waals surface area contributed by atoms with Crippen molar-refractivity contribution in [3.05, 3.63) is 65.6 Å². The SMILES string of the molecule is Cc1c(F)cc(-c2nc([C@H]3C[C@@H]3F)no2)cc1NC(=O)c1cnc2ccccn12. The van der Waals surface area contributed by atoms with Gasteiger partial charge in [0.2, 0.25) is 0 Å². The van der Waals surface area contributed by atoms with Crippen molar-refractivity contribution in [3.63, 3.8) is 0 Å². The first kappa shape index (κ1) is 17.5. The molecule has 1 aliphatic carbocycles. The first-order valence-electron chi connectivity index (χ1n) is 9.03. The number of hydrogen-bond donors (Lipinski definition) is 1. The standard InChI is InChI=1S/C20H15F2N5O2/c1-10-13(21)6-11(20-25-18(26-29-20)12-8-14(12)22)7-15(10)24-19(28)16-9-23-17-4-2-3-5-27(16)17/h2-7,9,12,14H,8H2,1H3,(H,24,28)/t12-,14-/m0/s1. The molecule has 1 saturated carbocycles. The Labute approximate surface area is 163 Å². The molecule has 0 radical (unpaired) electrons. The Balaban J connectivity index is 1.47. The fourth-order valence-corrected chi connectivity index (χ4v) is 3.15. The van der Waals surface area contributed by atoms with Gasteiger partial charge in [-0.1, -0.05) is 11.2 Å². The number of alkyl halides is 1. The predicted octanol–water partition coefficient (Wildman–Crippen LogP) is 3.91. The molecule has 1 aliphatic rings. The number of hydrogen-bond acceptors (Lipinski definition) is 5. The molecule has 1 fully saturated rings. The number of nitrogens with one attached hydrogen (secondary N) is 1. The van der Waals surface area contributed by atoms with E-state index in [9.17, 15) is 13.6 Å². The van der Waals surface area contributed by atoms with E-state index in [1.165, 1.54) is 12.3 Å². The number of carbonyl (C=O) groups is 1. The van der Waals surface area contributed by atoms with Crippen LogP contribution < -0.4 is 5.32 Å². The molecule has 3 aromatic heterocycles. The van der Waals surface area contributed by atoms with E-state index < -0.39 is 17.9 Å². The molecule has 9 heteroatoms. The second kappa shape index (κ2) is 6.47. The van der Waals surface area contributed by atoms with E-state index in [0.29, 0.717) is 23.3 Å². The van der Waals surface area contributed by atoms with Gasteiger partial charge in [0.1, 0.15) is 23.3 Å². The Morgan fingerprint density at radius 3 is 2.97 bits per heavy atom. The third kappa shape index (κ3) is 3.04. The molecule has 146 valence electrons. The predicted molar refractivity (Wildman–Crippen MR) is 99.8 cm³/mol. The zero-order valence-corrected chi connectivity index (χ0v) is 15.3. The molecule has 7 nitrogen and oxygen atoms in total. The highest BCUT2D eigenvalue weighted by molar-refractivity contribution is 6.04. The number of amides is 1. The normalized spacial score (nSPS) is 18.2. The molecule has 29 heavy (non-hydrogen) atoms. The lowest BCUT2D eigenvalue weighted by Gasteiger charge is -2.10. The van der Waals surface area contributed by atoms with Gasteiger partial charge in [-0.25, -0.2) is 13.8 Å². The topological polar surface area (TPSA) is 85.3 Å². The van der Waals surface area contributed by atoms with Gasteiger partial charge in [0, 0.05) is 23.0 Å². The zero-order valence-electron chi connectivity index (χ0n) is 15.3. The highest BCUT2D eigenvalue weighted by atomic mass is 19.1. The number of nitrogens with zero attached hydrogens (tertiary/aromatic N) is 4. The van der Waals surface area contributed by atoms with E-state index in [2.05, 4.69) is 20.4 Å². The number of benzene rings is 1. The minimum Gasteiger partial charge on any atom is -0.334 e. The Morgan fingerprint density at radius 2 is 2.17 bits per heavy atom. The number of pyridine rings is 1. The summed E-state index contributed by atoms with van der Waals surface area (Å²) in [5, 5.41) is 6.49. The minimum absolute atomic E-state index is 0.0725. The summed E-state index contributed by atoms with van der Waals surface area (Å²) in [6.07, 6.45) is 2.57. The number of rotatable bonds is 4. The molecular weight excluding hydrogens is 380 g/mol. The van der Waals surface area contributed by atoms with Crippen LogP contribution in [0.4, 0.5) is 14.5 Å². The molecule has 5 rings (SSSR count). The van der Waals surface area contributed by atoms with Crippen LogP contribution in [0, 0.1) is 12.7 Å². The number of halogens is 2. The van der Waals surface area contributed by atoms with Crippen molar-refractivity contribution in [1.82, 2.24) is 19.5 Å². The van der Waals surface area contributed by atoms with Gasteiger partial charge >= 0.3 is 0 Å². The van der Waals surface area contributed by atoms with Gasteiger partial charge in [-0.2, -0.15) is 4.98 Å². The van der Waals surface area contributed by atoms with Crippen molar-refractivity contribution >= 4 is 17.2 Å². The van der Waals surface area contributed by atoms with Crippen molar-refractivity contribution in [2.75, 3.05) is 5.32 Å². The molecule has 1 N–H and O–H groups in total. The van der Waals surface area contributed by atoms with E-state index in [0.717, 1.165) is 0 Å². The molecule has 1 aromatic carbocycles. The van der Waals surface area contributed by atoms with Crippen LogP contribution in [0.1, 0.15) is 34.2 Å². The Hall–Kier alpha value is -3.62. The van der Waals surface area contributed by atoms with Crippen LogP contribution in [0.25, 0.3) is 17.1 Å². The summed E-state index contributed by atoms with van der Waals surface area (Å²) in [6.45, 7) is 1.56. The first-order chi connectivity index (χ1) is 14.0. The van der Waals surface area contributed by atoms with E-state index in [4.69, 9.17) is 4.52 Å². The molecule has 0 bridgehead atoms. The van der Waals surface area contributed by atoms with Crippen LogP contribution >= 0.6 is 0 Å². The van der Waals surface area contributed by atoms with Crippen molar-refractivity contribution < 1.29 is 18.1 Å². The largest absolute Gasteiger partial charge is 0.334 e. The van der Waals surface area contributed by atoms with Gasteiger partial charge in [0.05, 0.1) is 12.1 Å².